The second-order valence-corrected chi connectivity index (χ2v) is 7.41. The van der Waals surface area contributed by atoms with Gasteiger partial charge < -0.3 is 10.2 Å². The number of nitrogens with zero attached hydrogens (tertiary/aromatic N) is 2. The van der Waals surface area contributed by atoms with Crippen LogP contribution in [-0.4, -0.2) is 24.0 Å². The van der Waals surface area contributed by atoms with E-state index in [0.717, 1.165) is 43.9 Å². The first-order valence-corrected chi connectivity index (χ1v) is 10.1. The standard InChI is InChI=1S/C23H27N3O/c27-23(26-16-6-10-19-9-4-5-11-21(19)26)20-12-13-22(25-17-20)24-15-14-18-7-2-1-3-8-18/h4-5,7,9,11-13,17H,1-3,6,8,10,14-16H2,(H,24,25). The number of carbonyl (C=O) groups excluding carboxylic acids is 1. The number of hydrogen-bond donors (Lipinski definition) is 1. The summed E-state index contributed by atoms with van der Waals surface area (Å²) in [6.45, 7) is 1.66. The van der Waals surface area contributed by atoms with Gasteiger partial charge in [0.1, 0.15) is 5.82 Å². The molecular formula is C23H27N3O. The summed E-state index contributed by atoms with van der Waals surface area (Å²) in [7, 11) is 0. The highest BCUT2D eigenvalue weighted by Crippen LogP contribution is 2.28. The Hall–Kier alpha value is -2.62. The number of para-hydroxylation sites is 1. The molecule has 1 aliphatic heterocycles. The van der Waals surface area contributed by atoms with Crippen LogP contribution in [-0.2, 0) is 6.42 Å². The molecule has 0 bridgehead atoms. The number of pyridine rings is 1. The van der Waals surface area contributed by atoms with Crippen LogP contribution in [0.1, 0.15) is 54.4 Å². The summed E-state index contributed by atoms with van der Waals surface area (Å²) in [4.78, 5) is 19.3. The van der Waals surface area contributed by atoms with Crippen LogP contribution in [0.2, 0.25) is 0 Å². The summed E-state index contributed by atoms with van der Waals surface area (Å²) < 4.78 is 0. The molecule has 2 heterocycles. The van der Waals surface area contributed by atoms with E-state index in [-0.39, 0.29) is 5.91 Å². The molecule has 0 spiro atoms. The van der Waals surface area contributed by atoms with Crippen LogP contribution in [0.15, 0.2) is 54.2 Å². The SMILES string of the molecule is O=C(c1ccc(NCCC2=CCCCC2)nc1)N1CCCc2ccccc21. The number of amides is 1. The summed E-state index contributed by atoms with van der Waals surface area (Å²) in [6.07, 6.45) is 12.3. The molecule has 0 atom stereocenters. The number of fused-ring (bicyclic) bond motifs is 1. The normalized spacial score (nSPS) is 16.4. The fourth-order valence-electron chi connectivity index (χ4n) is 4.01. The minimum atomic E-state index is 0.0357. The van der Waals surface area contributed by atoms with Gasteiger partial charge in [-0.1, -0.05) is 29.8 Å². The molecule has 1 aromatic heterocycles. The minimum Gasteiger partial charge on any atom is -0.370 e. The Morgan fingerprint density at radius 3 is 2.81 bits per heavy atom. The zero-order chi connectivity index (χ0) is 18.5. The van der Waals surface area contributed by atoms with Crippen LogP contribution in [0, 0.1) is 0 Å². The van der Waals surface area contributed by atoms with E-state index in [1.165, 1.54) is 31.2 Å². The second kappa shape index (κ2) is 8.38. The lowest BCUT2D eigenvalue weighted by Gasteiger charge is -2.29. The molecule has 4 nitrogen and oxygen atoms in total. The number of nitrogens with one attached hydrogen (secondary N) is 1. The maximum absolute atomic E-state index is 13.0. The van der Waals surface area contributed by atoms with Crippen molar-refractivity contribution in [3.63, 3.8) is 0 Å². The zero-order valence-electron chi connectivity index (χ0n) is 15.8. The number of aromatic nitrogens is 1. The maximum Gasteiger partial charge on any atom is 0.259 e. The van der Waals surface area contributed by atoms with Crippen molar-refractivity contribution >= 4 is 17.4 Å². The molecule has 1 aliphatic carbocycles. The Morgan fingerprint density at radius 1 is 1.07 bits per heavy atom. The van der Waals surface area contributed by atoms with Crippen molar-refractivity contribution in [2.45, 2.75) is 44.9 Å². The predicted molar refractivity (Wildman–Crippen MR) is 110 cm³/mol. The largest absolute Gasteiger partial charge is 0.370 e. The van der Waals surface area contributed by atoms with Gasteiger partial charge in [0.25, 0.3) is 5.91 Å². The van der Waals surface area contributed by atoms with Crippen LogP contribution in [0.4, 0.5) is 11.5 Å². The molecule has 1 aromatic carbocycles. The molecule has 140 valence electrons. The molecule has 2 aliphatic rings. The van der Waals surface area contributed by atoms with Crippen molar-refractivity contribution in [1.29, 1.82) is 0 Å². The Morgan fingerprint density at radius 2 is 2.00 bits per heavy atom. The summed E-state index contributed by atoms with van der Waals surface area (Å²) in [5.74, 6) is 0.871. The molecule has 0 unspecified atom stereocenters. The Balaban J connectivity index is 1.37. The highest BCUT2D eigenvalue weighted by Gasteiger charge is 2.23. The number of anilines is 2. The lowest BCUT2D eigenvalue weighted by atomic mass is 9.97. The van der Waals surface area contributed by atoms with Crippen LogP contribution < -0.4 is 10.2 Å². The average Bonchev–Trinajstić information content (AvgIpc) is 2.74. The molecule has 1 amide bonds. The van der Waals surface area contributed by atoms with E-state index in [0.29, 0.717) is 5.56 Å². The van der Waals surface area contributed by atoms with E-state index in [2.05, 4.69) is 22.4 Å². The number of allylic oxidation sites excluding steroid dienone is 1. The molecule has 0 saturated heterocycles. The highest BCUT2D eigenvalue weighted by atomic mass is 16.2. The van der Waals surface area contributed by atoms with Gasteiger partial charge in [-0.3, -0.25) is 4.79 Å². The topological polar surface area (TPSA) is 45.2 Å². The first-order chi connectivity index (χ1) is 13.3. The van der Waals surface area contributed by atoms with Gasteiger partial charge in [-0.25, -0.2) is 4.98 Å². The average molecular weight is 361 g/mol. The van der Waals surface area contributed by atoms with Crippen LogP contribution >= 0.6 is 0 Å². The van der Waals surface area contributed by atoms with Crippen molar-refractivity contribution in [3.05, 3.63) is 65.4 Å². The minimum absolute atomic E-state index is 0.0357. The molecule has 1 N–H and O–H groups in total. The monoisotopic (exact) mass is 361 g/mol. The number of benzene rings is 1. The fraction of sp³-hybridized carbons (Fsp3) is 0.391. The summed E-state index contributed by atoms with van der Waals surface area (Å²) in [5, 5.41) is 3.38. The third-order valence-corrected chi connectivity index (χ3v) is 5.50. The van der Waals surface area contributed by atoms with Gasteiger partial charge in [0.2, 0.25) is 0 Å². The van der Waals surface area contributed by atoms with Crippen molar-refractivity contribution in [3.8, 4) is 0 Å². The fourth-order valence-corrected chi connectivity index (χ4v) is 4.01. The zero-order valence-corrected chi connectivity index (χ0v) is 15.8. The summed E-state index contributed by atoms with van der Waals surface area (Å²) in [5.41, 5.74) is 4.49. The Labute approximate surface area is 161 Å². The van der Waals surface area contributed by atoms with Gasteiger partial charge in [-0.2, -0.15) is 0 Å². The third-order valence-electron chi connectivity index (χ3n) is 5.50. The maximum atomic E-state index is 13.0. The van der Waals surface area contributed by atoms with Gasteiger partial charge >= 0.3 is 0 Å². The van der Waals surface area contributed by atoms with Gasteiger partial charge in [0.15, 0.2) is 0 Å². The van der Waals surface area contributed by atoms with Crippen molar-refractivity contribution in [2.75, 3.05) is 23.3 Å². The lowest BCUT2D eigenvalue weighted by molar-refractivity contribution is 0.0985. The van der Waals surface area contributed by atoms with E-state index in [1.54, 1.807) is 11.8 Å². The van der Waals surface area contributed by atoms with E-state index in [9.17, 15) is 4.79 Å². The van der Waals surface area contributed by atoms with Gasteiger partial charge in [-0.05, 0) is 68.7 Å². The smallest absolute Gasteiger partial charge is 0.259 e. The van der Waals surface area contributed by atoms with Crippen molar-refractivity contribution in [2.24, 2.45) is 0 Å². The quantitative estimate of drug-likeness (QED) is 0.764. The van der Waals surface area contributed by atoms with Crippen LogP contribution in [0.3, 0.4) is 0 Å². The highest BCUT2D eigenvalue weighted by molar-refractivity contribution is 6.06. The number of hydrogen-bond acceptors (Lipinski definition) is 3. The van der Waals surface area contributed by atoms with Crippen LogP contribution in [0.5, 0.6) is 0 Å². The van der Waals surface area contributed by atoms with Gasteiger partial charge in [0, 0.05) is 25.0 Å². The van der Waals surface area contributed by atoms with E-state index >= 15 is 0 Å². The molecule has 2 aromatic rings. The third kappa shape index (κ3) is 4.21. The van der Waals surface area contributed by atoms with E-state index in [1.807, 2.05) is 35.2 Å². The summed E-state index contributed by atoms with van der Waals surface area (Å²) in [6, 6.07) is 12.0. The van der Waals surface area contributed by atoms with Crippen molar-refractivity contribution in [1.82, 2.24) is 4.98 Å². The Bertz CT molecular complexity index is 826. The van der Waals surface area contributed by atoms with Crippen LogP contribution in [0.25, 0.3) is 0 Å². The van der Waals surface area contributed by atoms with Gasteiger partial charge in [-0.15, -0.1) is 0 Å². The molecule has 4 heteroatoms. The van der Waals surface area contributed by atoms with Crippen molar-refractivity contribution < 1.29 is 4.79 Å². The lowest BCUT2D eigenvalue weighted by Crippen LogP contribution is -2.35. The molecule has 0 fully saturated rings. The molecule has 4 rings (SSSR count). The first-order valence-electron chi connectivity index (χ1n) is 10.1. The molecule has 27 heavy (non-hydrogen) atoms. The first kappa shape index (κ1) is 17.8. The summed E-state index contributed by atoms with van der Waals surface area (Å²) >= 11 is 0. The second-order valence-electron chi connectivity index (χ2n) is 7.41. The number of carbonyl (C=O) groups is 1. The predicted octanol–water partition coefficient (Wildman–Crippen LogP) is 4.98. The molecule has 0 saturated carbocycles. The van der Waals surface area contributed by atoms with E-state index in [4.69, 9.17) is 0 Å². The number of aryl methyl sites for hydroxylation is 1. The Kier molecular flexibility index (Phi) is 5.52. The number of rotatable bonds is 5. The van der Waals surface area contributed by atoms with Gasteiger partial charge in [0.05, 0.1) is 5.56 Å². The van der Waals surface area contributed by atoms with E-state index < -0.39 is 0 Å². The molecule has 0 radical (unpaired) electrons. The molecular weight excluding hydrogens is 334 g/mol.